The van der Waals surface area contributed by atoms with Crippen molar-refractivity contribution in [2.75, 3.05) is 11.9 Å². The number of aliphatic hydroxyl groups excluding tert-OH is 1. The van der Waals surface area contributed by atoms with E-state index in [2.05, 4.69) is 26.7 Å². The van der Waals surface area contributed by atoms with Crippen molar-refractivity contribution >= 4 is 16.6 Å². The molecule has 108 valence electrons. The molecular weight excluding hydrogens is 266 g/mol. The molecule has 2 aromatic heterocycles. The highest BCUT2D eigenvalue weighted by Crippen LogP contribution is 2.16. The molecule has 0 aliphatic heterocycles. The first-order valence-corrected chi connectivity index (χ1v) is 6.94. The number of anilines is 1. The lowest BCUT2D eigenvalue weighted by molar-refractivity contribution is 0.276. The number of aryl methyl sites for hydroxylation is 1. The number of aliphatic hydroxyl groups is 1. The third kappa shape index (κ3) is 3.35. The van der Waals surface area contributed by atoms with Crippen LogP contribution in [0.3, 0.4) is 0 Å². The molecule has 0 saturated heterocycles. The number of fused-ring (bicyclic) bond motifs is 1. The maximum Gasteiger partial charge on any atom is 0.102 e. The van der Waals surface area contributed by atoms with Crippen LogP contribution in [0.2, 0.25) is 0 Å². The summed E-state index contributed by atoms with van der Waals surface area (Å²) in [4.78, 5) is 4.41. The number of nitrogens with zero attached hydrogens (tertiary/aromatic N) is 4. The largest absolute Gasteiger partial charge is 0.396 e. The van der Waals surface area contributed by atoms with Crippen molar-refractivity contribution < 1.29 is 5.11 Å². The third-order valence-electron chi connectivity index (χ3n) is 3.20. The molecule has 0 saturated carbocycles. The number of hydrogen-bond acceptors (Lipinski definition) is 5. The smallest absolute Gasteiger partial charge is 0.102 e. The minimum atomic E-state index is 0.163. The molecule has 0 bridgehead atoms. The third-order valence-corrected chi connectivity index (χ3v) is 3.20. The van der Waals surface area contributed by atoms with Gasteiger partial charge >= 0.3 is 0 Å². The van der Waals surface area contributed by atoms with Gasteiger partial charge in [0.05, 0.1) is 30.1 Å². The zero-order chi connectivity index (χ0) is 14.5. The zero-order valence-corrected chi connectivity index (χ0v) is 11.6. The van der Waals surface area contributed by atoms with Gasteiger partial charge in [0.25, 0.3) is 0 Å². The van der Waals surface area contributed by atoms with Crippen molar-refractivity contribution in [1.82, 2.24) is 20.0 Å². The lowest BCUT2D eigenvalue weighted by Crippen LogP contribution is -2.01. The Bertz CT molecular complexity index is 725. The first kappa shape index (κ1) is 13.5. The van der Waals surface area contributed by atoms with Crippen LogP contribution in [0.1, 0.15) is 12.1 Å². The van der Waals surface area contributed by atoms with E-state index in [4.69, 9.17) is 5.11 Å². The van der Waals surface area contributed by atoms with Crippen LogP contribution in [0, 0.1) is 0 Å². The SMILES string of the molecule is OCCCn1cc(CNc2cnc3ccccc3c2)nn1. The molecular formula is C15H17N5O. The molecule has 0 radical (unpaired) electrons. The summed E-state index contributed by atoms with van der Waals surface area (Å²) in [6.07, 6.45) is 4.39. The fraction of sp³-hybridized carbons (Fsp3) is 0.267. The number of pyridine rings is 1. The molecule has 0 aliphatic carbocycles. The Morgan fingerprint density at radius 2 is 2.14 bits per heavy atom. The van der Waals surface area contributed by atoms with Crippen molar-refractivity contribution in [3.8, 4) is 0 Å². The lowest BCUT2D eigenvalue weighted by Gasteiger charge is -2.05. The summed E-state index contributed by atoms with van der Waals surface area (Å²) in [5.41, 5.74) is 2.80. The number of aromatic nitrogens is 4. The molecule has 0 unspecified atom stereocenters. The average molecular weight is 283 g/mol. The Balaban J connectivity index is 1.64. The Labute approximate surface area is 122 Å². The summed E-state index contributed by atoms with van der Waals surface area (Å²) in [7, 11) is 0. The van der Waals surface area contributed by atoms with Crippen LogP contribution in [0.25, 0.3) is 10.9 Å². The minimum Gasteiger partial charge on any atom is -0.396 e. The molecule has 6 nitrogen and oxygen atoms in total. The van der Waals surface area contributed by atoms with Gasteiger partial charge in [-0.3, -0.25) is 9.67 Å². The fourth-order valence-corrected chi connectivity index (χ4v) is 2.12. The van der Waals surface area contributed by atoms with E-state index in [1.54, 1.807) is 4.68 Å². The van der Waals surface area contributed by atoms with Gasteiger partial charge in [0.1, 0.15) is 5.69 Å². The Kier molecular flexibility index (Phi) is 4.07. The van der Waals surface area contributed by atoms with E-state index in [1.807, 2.05) is 36.7 Å². The zero-order valence-electron chi connectivity index (χ0n) is 11.6. The van der Waals surface area contributed by atoms with Crippen LogP contribution in [0.5, 0.6) is 0 Å². The van der Waals surface area contributed by atoms with Crippen LogP contribution >= 0.6 is 0 Å². The van der Waals surface area contributed by atoms with E-state index in [9.17, 15) is 0 Å². The van der Waals surface area contributed by atoms with Crippen LogP contribution < -0.4 is 5.32 Å². The number of rotatable bonds is 6. The summed E-state index contributed by atoms with van der Waals surface area (Å²) < 4.78 is 1.74. The van der Waals surface area contributed by atoms with Gasteiger partial charge in [-0.15, -0.1) is 5.10 Å². The fourth-order valence-electron chi connectivity index (χ4n) is 2.12. The van der Waals surface area contributed by atoms with Crippen molar-refractivity contribution in [1.29, 1.82) is 0 Å². The maximum atomic E-state index is 8.79. The van der Waals surface area contributed by atoms with Crippen molar-refractivity contribution in [2.24, 2.45) is 0 Å². The van der Waals surface area contributed by atoms with Crippen LogP contribution in [0.15, 0.2) is 42.7 Å². The molecule has 3 aromatic rings. The van der Waals surface area contributed by atoms with Gasteiger partial charge in [-0.05, 0) is 18.6 Å². The van der Waals surface area contributed by atoms with E-state index >= 15 is 0 Å². The second-order valence-corrected chi connectivity index (χ2v) is 4.82. The van der Waals surface area contributed by atoms with Crippen LogP contribution in [-0.2, 0) is 13.1 Å². The van der Waals surface area contributed by atoms with Crippen LogP contribution in [-0.4, -0.2) is 31.7 Å². The summed E-state index contributed by atoms with van der Waals surface area (Å²) in [5, 5.41) is 21.3. The van der Waals surface area contributed by atoms with Gasteiger partial charge in [-0.25, -0.2) is 0 Å². The summed E-state index contributed by atoms with van der Waals surface area (Å²) in [6.45, 7) is 1.44. The molecule has 0 aliphatic rings. The normalized spacial score (nSPS) is 10.9. The molecule has 0 amide bonds. The molecule has 1 aromatic carbocycles. The number of para-hydroxylation sites is 1. The number of benzene rings is 1. The summed E-state index contributed by atoms with van der Waals surface area (Å²) in [6, 6.07) is 10.1. The maximum absolute atomic E-state index is 8.79. The highest BCUT2D eigenvalue weighted by Gasteiger charge is 2.02. The molecule has 0 fully saturated rings. The second-order valence-electron chi connectivity index (χ2n) is 4.82. The lowest BCUT2D eigenvalue weighted by atomic mass is 10.2. The highest BCUT2D eigenvalue weighted by molar-refractivity contribution is 5.81. The molecule has 21 heavy (non-hydrogen) atoms. The van der Waals surface area contributed by atoms with Crippen LogP contribution in [0.4, 0.5) is 5.69 Å². The van der Waals surface area contributed by atoms with Gasteiger partial charge < -0.3 is 10.4 Å². The Morgan fingerprint density at radius 3 is 3.05 bits per heavy atom. The summed E-state index contributed by atoms with van der Waals surface area (Å²) >= 11 is 0. The predicted octanol–water partition coefficient (Wildman–Crippen LogP) is 1.82. The van der Waals surface area contributed by atoms with Gasteiger partial charge in [-0.1, -0.05) is 23.4 Å². The summed E-state index contributed by atoms with van der Waals surface area (Å²) in [5.74, 6) is 0. The Morgan fingerprint density at radius 1 is 1.24 bits per heavy atom. The monoisotopic (exact) mass is 283 g/mol. The molecule has 2 N–H and O–H groups in total. The molecule has 3 rings (SSSR count). The van der Waals surface area contributed by atoms with E-state index in [0.717, 1.165) is 22.3 Å². The Hall–Kier alpha value is -2.47. The second kappa shape index (κ2) is 6.32. The number of hydrogen-bond donors (Lipinski definition) is 2. The van der Waals surface area contributed by atoms with Gasteiger partial charge in [0, 0.05) is 18.5 Å². The predicted molar refractivity (Wildman–Crippen MR) is 80.8 cm³/mol. The topological polar surface area (TPSA) is 75.9 Å². The molecule has 0 atom stereocenters. The van der Waals surface area contributed by atoms with Crippen molar-refractivity contribution in [3.63, 3.8) is 0 Å². The molecule has 0 spiro atoms. The highest BCUT2D eigenvalue weighted by atomic mass is 16.3. The minimum absolute atomic E-state index is 0.163. The first-order chi connectivity index (χ1) is 10.3. The molecule has 6 heteroatoms. The average Bonchev–Trinajstić information content (AvgIpc) is 2.98. The van der Waals surface area contributed by atoms with Crippen molar-refractivity contribution in [2.45, 2.75) is 19.5 Å². The molecule has 2 heterocycles. The standard InChI is InChI=1S/C15H17N5O/c21-7-3-6-20-11-14(18-19-20)10-16-13-8-12-4-1-2-5-15(12)17-9-13/h1-2,4-5,8-9,11,16,21H,3,6-7,10H2. The van der Waals surface area contributed by atoms with Gasteiger partial charge in [-0.2, -0.15) is 0 Å². The van der Waals surface area contributed by atoms with E-state index in [0.29, 0.717) is 19.5 Å². The van der Waals surface area contributed by atoms with Gasteiger partial charge in [0.2, 0.25) is 0 Å². The van der Waals surface area contributed by atoms with E-state index in [1.165, 1.54) is 0 Å². The van der Waals surface area contributed by atoms with Crippen molar-refractivity contribution in [3.05, 3.63) is 48.4 Å². The van der Waals surface area contributed by atoms with E-state index < -0.39 is 0 Å². The quantitative estimate of drug-likeness (QED) is 0.721. The van der Waals surface area contributed by atoms with Gasteiger partial charge in [0.15, 0.2) is 0 Å². The first-order valence-electron chi connectivity index (χ1n) is 6.94. The number of nitrogens with one attached hydrogen (secondary N) is 1. The van der Waals surface area contributed by atoms with E-state index in [-0.39, 0.29) is 6.61 Å².